The molecule has 0 fully saturated rings. The molecule has 200 valence electrons. The molecule has 0 saturated heterocycles. The molecule has 0 rings (SSSR count). The Morgan fingerprint density at radius 2 is 0.861 bits per heavy atom. The van der Waals surface area contributed by atoms with E-state index in [2.05, 4.69) is 6.92 Å². The molecule has 0 aromatic carbocycles. The Hall–Kier alpha value is 0.680. The van der Waals surface area contributed by atoms with Crippen LogP contribution >= 0.6 is 0 Å². The first-order chi connectivity index (χ1) is 16.6. The summed E-state index contributed by atoms with van der Waals surface area (Å²) in [5, 5.41) is 21.4. The molecule has 0 spiro atoms. The number of unbranched alkanes of at least 4 members (excludes halogenated alkanes) is 22. The van der Waals surface area contributed by atoms with Gasteiger partial charge in [-0.25, -0.2) is 0 Å². The number of hydrogen-bond acceptors (Lipinski definition) is 4. The Kier molecular flexibility index (Phi) is 38.5. The zero-order valence-corrected chi connectivity index (χ0v) is 28.3. The van der Waals surface area contributed by atoms with Gasteiger partial charge in [0.2, 0.25) is 0 Å². The molecule has 0 aliphatic heterocycles. The molecule has 0 amide bonds. The molecule has 6 heteroatoms. The molecule has 0 aliphatic rings. The third-order valence-corrected chi connectivity index (χ3v) is 6.78. The molecule has 1 atom stereocenters. The van der Waals surface area contributed by atoms with E-state index in [-0.39, 0.29) is 59.1 Å². The molecule has 0 aromatic heterocycles. The van der Waals surface area contributed by atoms with E-state index >= 15 is 0 Å². The van der Waals surface area contributed by atoms with Gasteiger partial charge in [-0.15, -0.1) is 0 Å². The van der Waals surface area contributed by atoms with Crippen molar-refractivity contribution in [3.8, 4) is 0 Å². The average molecular weight is 525 g/mol. The van der Waals surface area contributed by atoms with Crippen LogP contribution in [0.3, 0.4) is 0 Å². The minimum absolute atomic E-state index is 0. The number of aliphatic carboxylic acids is 2. The first-order valence-electron chi connectivity index (χ1n) is 14.6. The van der Waals surface area contributed by atoms with Crippen molar-refractivity contribution in [2.75, 3.05) is 0 Å². The molecule has 1 unspecified atom stereocenters. The molecule has 0 aromatic rings. The fourth-order valence-corrected chi connectivity index (χ4v) is 4.54. The molecule has 0 heterocycles. The van der Waals surface area contributed by atoms with Crippen LogP contribution in [0.25, 0.3) is 0 Å². The molecule has 0 bridgehead atoms. The van der Waals surface area contributed by atoms with E-state index in [0.717, 1.165) is 19.3 Å². The van der Waals surface area contributed by atoms with Crippen molar-refractivity contribution in [1.82, 2.24) is 0 Å². The van der Waals surface area contributed by atoms with E-state index in [9.17, 15) is 19.8 Å². The number of rotatable bonds is 27. The normalized spacial score (nSPS) is 11.7. The van der Waals surface area contributed by atoms with Crippen LogP contribution in [0.4, 0.5) is 0 Å². The largest absolute Gasteiger partial charge is 1.00 e. The third-order valence-electron chi connectivity index (χ3n) is 6.78. The molecular formula is C30H54Na2O4. The first kappa shape index (κ1) is 41.2. The Bertz CT molecular complexity index is 497. The van der Waals surface area contributed by atoms with Crippen LogP contribution in [0, 0.1) is 5.92 Å². The second-order valence-electron chi connectivity index (χ2n) is 10.1. The summed E-state index contributed by atoms with van der Waals surface area (Å²) >= 11 is 0. The molecule has 0 aliphatic carbocycles. The van der Waals surface area contributed by atoms with Gasteiger partial charge in [-0.2, -0.15) is 0 Å². The van der Waals surface area contributed by atoms with Crippen LogP contribution in [0.2, 0.25) is 0 Å². The zero-order chi connectivity index (χ0) is 25.1. The van der Waals surface area contributed by atoms with Crippen molar-refractivity contribution >= 4 is 11.9 Å². The second-order valence-corrected chi connectivity index (χ2v) is 10.1. The Morgan fingerprint density at radius 1 is 0.556 bits per heavy atom. The maximum absolute atomic E-state index is 10.8. The number of carbonyl (C=O) groups excluding carboxylic acids is 2. The Balaban J connectivity index is -0.00000544. The SMILES string of the molecule is CCCCCCCCCCCCCCCCCCCCCCCC/C=C/C(CC(=O)[O-])C(=O)[O-].[Na+].[Na+]. The van der Waals surface area contributed by atoms with Crippen molar-refractivity contribution in [3.05, 3.63) is 12.2 Å². The van der Waals surface area contributed by atoms with E-state index in [0.29, 0.717) is 0 Å². The first-order valence-corrected chi connectivity index (χ1v) is 14.6. The van der Waals surface area contributed by atoms with Crippen molar-refractivity contribution in [1.29, 1.82) is 0 Å². The van der Waals surface area contributed by atoms with Crippen LogP contribution in [0.15, 0.2) is 12.2 Å². The minimum Gasteiger partial charge on any atom is -0.550 e. The summed E-state index contributed by atoms with van der Waals surface area (Å²) in [5.74, 6) is -3.79. The number of hydrogen-bond donors (Lipinski definition) is 0. The summed E-state index contributed by atoms with van der Waals surface area (Å²) in [4.78, 5) is 21.4. The van der Waals surface area contributed by atoms with Crippen molar-refractivity contribution in [2.24, 2.45) is 5.92 Å². The number of allylic oxidation sites excluding steroid dienone is 1. The predicted octanol–water partition coefficient (Wildman–Crippen LogP) is 1.05. The molecule has 4 nitrogen and oxygen atoms in total. The summed E-state index contributed by atoms with van der Waals surface area (Å²) in [7, 11) is 0. The van der Waals surface area contributed by atoms with Gasteiger partial charge in [0.15, 0.2) is 0 Å². The zero-order valence-electron chi connectivity index (χ0n) is 24.3. The van der Waals surface area contributed by atoms with Gasteiger partial charge in [0.05, 0.1) is 0 Å². The Labute approximate surface area is 267 Å². The monoisotopic (exact) mass is 524 g/mol. The van der Waals surface area contributed by atoms with E-state index in [1.54, 1.807) is 6.08 Å². The maximum Gasteiger partial charge on any atom is 1.00 e. The molecular weight excluding hydrogens is 470 g/mol. The van der Waals surface area contributed by atoms with Gasteiger partial charge in [0.1, 0.15) is 0 Å². The quantitative estimate of drug-likeness (QED) is 0.0914. The van der Waals surface area contributed by atoms with Crippen LogP contribution in [0.1, 0.15) is 161 Å². The van der Waals surface area contributed by atoms with Crippen LogP contribution in [-0.2, 0) is 9.59 Å². The van der Waals surface area contributed by atoms with Crippen molar-refractivity contribution < 1.29 is 78.9 Å². The van der Waals surface area contributed by atoms with Gasteiger partial charge in [-0.3, -0.25) is 0 Å². The van der Waals surface area contributed by atoms with Crippen LogP contribution < -0.4 is 69.3 Å². The fraction of sp³-hybridized carbons (Fsp3) is 0.867. The number of carboxylic acids is 2. The summed E-state index contributed by atoms with van der Waals surface area (Å²) in [6, 6.07) is 0. The molecule has 0 saturated carbocycles. The van der Waals surface area contributed by atoms with Crippen LogP contribution in [-0.4, -0.2) is 11.9 Å². The molecule has 36 heavy (non-hydrogen) atoms. The number of carboxylic acid groups (broad SMARTS) is 2. The summed E-state index contributed by atoms with van der Waals surface area (Å²) in [6.45, 7) is 2.28. The summed E-state index contributed by atoms with van der Waals surface area (Å²) in [6.07, 6.45) is 33.5. The van der Waals surface area contributed by atoms with Gasteiger partial charge in [0, 0.05) is 17.9 Å². The van der Waals surface area contributed by atoms with Gasteiger partial charge in [-0.1, -0.05) is 154 Å². The maximum atomic E-state index is 10.8. The fourth-order valence-electron chi connectivity index (χ4n) is 4.54. The number of carbonyl (C=O) groups is 2. The van der Waals surface area contributed by atoms with E-state index in [4.69, 9.17) is 0 Å². The van der Waals surface area contributed by atoms with Crippen molar-refractivity contribution in [2.45, 2.75) is 161 Å². The van der Waals surface area contributed by atoms with E-state index < -0.39 is 24.3 Å². The van der Waals surface area contributed by atoms with Gasteiger partial charge in [0.25, 0.3) is 0 Å². The smallest absolute Gasteiger partial charge is 0.550 e. The van der Waals surface area contributed by atoms with Crippen LogP contribution in [0.5, 0.6) is 0 Å². The topological polar surface area (TPSA) is 80.3 Å². The summed E-state index contributed by atoms with van der Waals surface area (Å²) < 4.78 is 0. The molecule has 0 N–H and O–H groups in total. The minimum atomic E-state index is -1.36. The standard InChI is InChI=1S/C30H56O4.2Na/c1-2-3-4-5-6-7-8-9-10-11-12-13-14-15-16-17-18-19-20-21-22-23-24-25-26-28(30(33)34)27-29(31)32;;/h25-26,28H,2-24,27H2,1H3,(H,31,32)(H,33,34);;/q;2*+1/p-2/b26-25+;;. The Morgan fingerprint density at radius 3 is 1.14 bits per heavy atom. The van der Waals surface area contributed by atoms with Gasteiger partial charge in [-0.05, 0) is 19.3 Å². The van der Waals surface area contributed by atoms with Gasteiger partial charge >= 0.3 is 59.1 Å². The second kappa shape index (κ2) is 33.7. The van der Waals surface area contributed by atoms with E-state index in [1.165, 1.54) is 134 Å². The molecule has 0 radical (unpaired) electrons. The van der Waals surface area contributed by atoms with Crippen molar-refractivity contribution in [3.63, 3.8) is 0 Å². The predicted molar refractivity (Wildman–Crippen MR) is 139 cm³/mol. The average Bonchev–Trinajstić information content (AvgIpc) is 2.80. The van der Waals surface area contributed by atoms with Gasteiger partial charge < -0.3 is 19.8 Å². The summed E-state index contributed by atoms with van der Waals surface area (Å²) in [5.41, 5.74) is 0. The third kappa shape index (κ3) is 32.7. The van der Waals surface area contributed by atoms with E-state index in [1.807, 2.05) is 0 Å².